The van der Waals surface area contributed by atoms with Gasteiger partial charge in [0.1, 0.15) is 11.6 Å². The summed E-state index contributed by atoms with van der Waals surface area (Å²) in [6, 6.07) is 3.24. The van der Waals surface area contributed by atoms with Gasteiger partial charge in [0, 0.05) is 17.7 Å². The number of Topliss-reactive ketones (excluding diaryl/α,β-unsaturated/α-hetero) is 1. The molecule has 96 valence electrons. The molecule has 0 aromatic carbocycles. The van der Waals surface area contributed by atoms with Crippen LogP contribution in [-0.4, -0.2) is 10.8 Å². The first-order valence-electron chi connectivity index (χ1n) is 6.33. The number of nitrogens with zero attached hydrogens (tertiary/aromatic N) is 1. The Labute approximate surface area is 107 Å². The van der Waals surface area contributed by atoms with Crippen LogP contribution in [0, 0.1) is 11.3 Å². The fourth-order valence-electron chi connectivity index (χ4n) is 1.85. The van der Waals surface area contributed by atoms with E-state index in [9.17, 15) is 9.59 Å². The minimum Gasteiger partial charge on any atom is -0.324 e. The lowest BCUT2D eigenvalue weighted by molar-refractivity contribution is 0.0978. The van der Waals surface area contributed by atoms with Gasteiger partial charge in [-0.1, -0.05) is 26.7 Å². The van der Waals surface area contributed by atoms with Crippen LogP contribution in [0.5, 0.6) is 0 Å². The number of nitriles is 1. The fourth-order valence-corrected chi connectivity index (χ4v) is 1.85. The van der Waals surface area contributed by atoms with Gasteiger partial charge in [-0.2, -0.15) is 5.26 Å². The van der Waals surface area contributed by atoms with E-state index >= 15 is 0 Å². The summed E-state index contributed by atoms with van der Waals surface area (Å²) in [7, 11) is 0. The Bertz CT molecular complexity index is 524. The number of H-pyrrole nitrogens is 1. The summed E-state index contributed by atoms with van der Waals surface area (Å²) >= 11 is 0. The monoisotopic (exact) mass is 246 g/mol. The Morgan fingerprint density at radius 3 is 2.67 bits per heavy atom. The molecule has 0 aliphatic heterocycles. The van der Waals surface area contributed by atoms with E-state index < -0.39 is 5.56 Å². The van der Waals surface area contributed by atoms with Crippen LogP contribution in [-0.2, 0) is 6.42 Å². The van der Waals surface area contributed by atoms with E-state index in [1.165, 1.54) is 6.07 Å². The minimum absolute atomic E-state index is 0.00559. The highest BCUT2D eigenvalue weighted by atomic mass is 16.1. The molecule has 18 heavy (non-hydrogen) atoms. The van der Waals surface area contributed by atoms with Crippen molar-refractivity contribution in [2.24, 2.45) is 0 Å². The largest absolute Gasteiger partial charge is 0.324 e. The number of aromatic nitrogens is 1. The zero-order valence-corrected chi connectivity index (χ0v) is 10.9. The molecular weight excluding hydrogens is 228 g/mol. The molecule has 0 fully saturated rings. The van der Waals surface area contributed by atoms with E-state index in [1.54, 1.807) is 0 Å². The molecule has 1 rings (SSSR count). The van der Waals surface area contributed by atoms with Crippen molar-refractivity contribution in [2.45, 2.75) is 46.0 Å². The molecule has 1 heterocycles. The molecule has 0 saturated heterocycles. The van der Waals surface area contributed by atoms with Crippen molar-refractivity contribution in [1.29, 1.82) is 5.26 Å². The molecule has 0 amide bonds. The van der Waals surface area contributed by atoms with Crippen LogP contribution in [0.4, 0.5) is 0 Å². The second kappa shape index (κ2) is 6.75. The third kappa shape index (κ3) is 3.30. The molecule has 4 nitrogen and oxygen atoms in total. The van der Waals surface area contributed by atoms with Crippen LogP contribution in [0.2, 0.25) is 0 Å². The Kier molecular flexibility index (Phi) is 5.31. The highest BCUT2D eigenvalue weighted by Gasteiger charge is 2.13. The highest BCUT2D eigenvalue weighted by Crippen LogP contribution is 2.12. The first-order chi connectivity index (χ1) is 8.63. The molecule has 0 saturated carbocycles. The maximum atomic E-state index is 12.0. The number of ketones is 1. The van der Waals surface area contributed by atoms with Crippen LogP contribution < -0.4 is 5.56 Å². The quantitative estimate of drug-likeness (QED) is 0.619. The Morgan fingerprint density at radius 2 is 2.11 bits per heavy atom. The minimum atomic E-state index is -0.417. The molecular formula is C14H18N2O2. The van der Waals surface area contributed by atoms with E-state index in [-0.39, 0.29) is 11.3 Å². The summed E-state index contributed by atoms with van der Waals surface area (Å²) in [5.74, 6) is 0.00745. The van der Waals surface area contributed by atoms with E-state index in [1.807, 2.05) is 13.0 Å². The SMILES string of the molecule is CCCCCC(=O)c1cc(C#N)c(=O)[nH]c1CC. The van der Waals surface area contributed by atoms with Crippen LogP contribution in [0.15, 0.2) is 10.9 Å². The van der Waals surface area contributed by atoms with Gasteiger partial charge in [-0.15, -0.1) is 0 Å². The van der Waals surface area contributed by atoms with Gasteiger partial charge in [0.25, 0.3) is 5.56 Å². The maximum absolute atomic E-state index is 12.0. The lowest BCUT2D eigenvalue weighted by atomic mass is 10.0. The molecule has 1 aromatic heterocycles. The third-order valence-electron chi connectivity index (χ3n) is 2.90. The summed E-state index contributed by atoms with van der Waals surface area (Å²) in [6.07, 6.45) is 3.97. The Balaban J connectivity index is 3.03. The van der Waals surface area contributed by atoms with Crippen molar-refractivity contribution in [3.63, 3.8) is 0 Å². The van der Waals surface area contributed by atoms with Gasteiger partial charge in [0.15, 0.2) is 5.78 Å². The molecule has 0 unspecified atom stereocenters. The average molecular weight is 246 g/mol. The van der Waals surface area contributed by atoms with Gasteiger partial charge in [-0.05, 0) is 18.9 Å². The Morgan fingerprint density at radius 1 is 1.39 bits per heavy atom. The number of hydrogen-bond acceptors (Lipinski definition) is 3. The van der Waals surface area contributed by atoms with E-state index in [4.69, 9.17) is 5.26 Å². The smallest absolute Gasteiger partial charge is 0.266 e. The summed E-state index contributed by atoms with van der Waals surface area (Å²) in [5, 5.41) is 8.82. The van der Waals surface area contributed by atoms with Crippen LogP contribution >= 0.6 is 0 Å². The molecule has 0 atom stereocenters. The number of pyridine rings is 1. The lowest BCUT2D eigenvalue weighted by Crippen LogP contribution is -2.17. The molecule has 0 bridgehead atoms. The second-order valence-electron chi connectivity index (χ2n) is 4.25. The number of rotatable bonds is 6. The van der Waals surface area contributed by atoms with Gasteiger partial charge >= 0.3 is 0 Å². The number of carbonyl (C=O) groups is 1. The van der Waals surface area contributed by atoms with E-state index in [0.717, 1.165) is 19.3 Å². The summed E-state index contributed by atoms with van der Waals surface area (Å²) in [4.78, 5) is 26.1. The molecule has 0 radical (unpaired) electrons. The van der Waals surface area contributed by atoms with Gasteiger partial charge in [0.2, 0.25) is 0 Å². The molecule has 1 aromatic rings. The van der Waals surface area contributed by atoms with Crippen molar-refractivity contribution in [3.05, 3.63) is 33.2 Å². The van der Waals surface area contributed by atoms with E-state index in [2.05, 4.69) is 11.9 Å². The zero-order chi connectivity index (χ0) is 13.5. The highest BCUT2D eigenvalue weighted by molar-refractivity contribution is 5.97. The predicted molar refractivity (Wildman–Crippen MR) is 69.6 cm³/mol. The first kappa shape index (κ1) is 14.2. The number of aryl methyl sites for hydroxylation is 1. The van der Waals surface area contributed by atoms with Gasteiger partial charge < -0.3 is 4.98 Å². The molecule has 0 aliphatic carbocycles. The van der Waals surface area contributed by atoms with Gasteiger partial charge in [0.05, 0.1) is 0 Å². The Hall–Kier alpha value is -1.89. The number of nitrogens with one attached hydrogen (secondary N) is 1. The molecule has 4 heteroatoms. The third-order valence-corrected chi connectivity index (χ3v) is 2.90. The summed E-state index contributed by atoms with van der Waals surface area (Å²) in [5.41, 5.74) is 0.704. The van der Waals surface area contributed by atoms with Crippen LogP contribution in [0.3, 0.4) is 0 Å². The summed E-state index contributed by atoms with van der Waals surface area (Å²) < 4.78 is 0. The topological polar surface area (TPSA) is 73.7 Å². The van der Waals surface area contributed by atoms with Gasteiger partial charge in [-0.25, -0.2) is 0 Å². The normalized spacial score (nSPS) is 10.1. The second-order valence-corrected chi connectivity index (χ2v) is 4.25. The number of aromatic amines is 1. The molecule has 0 aliphatic rings. The number of unbranched alkanes of at least 4 members (excludes halogenated alkanes) is 2. The number of hydrogen-bond donors (Lipinski definition) is 1. The predicted octanol–water partition coefficient (Wildman–Crippen LogP) is 2.57. The standard InChI is InChI=1S/C14H18N2O2/c1-3-5-6-7-13(17)11-8-10(9-15)14(18)16-12(11)4-2/h8H,3-7H2,1-2H3,(H,16,18). The first-order valence-corrected chi connectivity index (χ1v) is 6.33. The maximum Gasteiger partial charge on any atom is 0.266 e. The van der Waals surface area contributed by atoms with Crippen molar-refractivity contribution in [1.82, 2.24) is 4.98 Å². The molecule has 0 spiro atoms. The van der Waals surface area contributed by atoms with Crippen molar-refractivity contribution in [3.8, 4) is 6.07 Å². The van der Waals surface area contributed by atoms with Crippen molar-refractivity contribution in [2.75, 3.05) is 0 Å². The van der Waals surface area contributed by atoms with Crippen molar-refractivity contribution >= 4 is 5.78 Å². The van der Waals surface area contributed by atoms with Crippen molar-refractivity contribution < 1.29 is 4.79 Å². The van der Waals surface area contributed by atoms with E-state index in [0.29, 0.717) is 24.1 Å². The molecule has 1 N–H and O–H groups in total. The lowest BCUT2D eigenvalue weighted by Gasteiger charge is -2.07. The van der Waals surface area contributed by atoms with Gasteiger partial charge in [-0.3, -0.25) is 9.59 Å². The average Bonchev–Trinajstić information content (AvgIpc) is 2.38. The van der Waals surface area contributed by atoms with Crippen LogP contribution in [0.1, 0.15) is 61.1 Å². The zero-order valence-electron chi connectivity index (χ0n) is 10.9. The summed E-state index contributed by atoms with van der Waals surface area (Å²) in [6.45, 7) is 3.95. The fraction of sp³-hybridized carbons (Fsp3) is 0.500. The number of carbonyl (C=O) groups excluding carboxylic acids is 1. The van der Waals surface area contributed by atoms with Crippen LogP contribution in [0.25, 0.3) is 0 Å².